The normalized spacial score (nSPS) is 11.2. The van der Waals surface area contributed by atoms with Gasteiger partial charge in [0.1, 0.15) is 5.75 Å². The highest BCUT2D eigenvalue weighted by atomic mass is 19.4. The van der Waals surface area contributed by atoms with Gasteiger partial charge in [0.15, 0.2) is 0 Å². The van der Waals surface area contributed by atoms with Gasteiger partial charge >= 0.3 is 12.3 Å². The van der Waals surface area contributed by atoms with Crippen LogP contribution >= 0.6 is 0 Å². The first-order chi connectivity index (χ1) is 8.76. The van der Waals surface area contributed by atoms with E-state index in [0.29, 0.717) is 0 Å². The molecule has 3 N–H and O–H groups in total. The molecule has 1 aromatic rings. The fourth-order valence-electron chi connectivity index (χ4n) is 1.30. The molecule has 0 aliphatic heterocycles. The van der Waals surface area contributed by atoms with Crippen molar-refractivity contribution in [3.8, 4) is 11.6 Å². The molecule has 19 heavy (non-hydrogen) atoms. The average Bonchev–Trinajstić information content (AvgIpc) is 2.30. The van der Waals surface area contributed by atoms with Crippen molar-refractivity contribution in [2.45, 2.75) is 19.3 Å². The van der Waals surface area contributed by atoms with Crippen LogP contribution < -0.4 is 10.5 Å². The number of methoxy groups -OCH3 is 1. The minimum atomic E-state index is -4.93. The summed E-state index contributed by atoms with van der Waals surface area (Å²) >= 11 is 0. The molecule has 0 saturated carbocycles. The Morgan fingerprint density at radius 1 is 1.53 bits per heavy atom. The van der Waals surface area contributed by atoms with Crippen molar-refractivity contribution in [1.82, 2.24) is 4.98 Å². The molecule has 0 atom stereocenters. The molecule has 106 valence electrons. The predicted molar refractivity (Wildman–Crippen MR) is 56.2 cm³/mol. The zero-order chi connectivity index (χ0) is 14.6. The van der Waals surface area contributed by atoms with Crippen molar-refractivity contribution in [2.24, 2.45) is 5.73 Å². The second kappa shape index (κ2) is 5.74. The molecule has 0 bridgehead atoms. The van der Waals surface area contributed by atoms with E-state index in [9.17, 15) is 23.1 Å². The van der Waals surface area contributed by atoms with Gasteiger partial charge in [0.2, 0.25) is 5.88 Å². The lowest BCUT2D eigenvalue weighted by molar-refractivity contribution is -0.276. The largest absolute Gasteiger partial charge is 0.574 e. The molecule has 0 aliphatic rings. The van der Waals surface area contributed by atoms with Crippen molar-refractivity contribution >= 4 is 5.97 Å². The molecule has 0 spiro atoms. The number of rotatable bonds is 4. The maximum atomic E-state index is 12.1. The standard InChI is InChI=1S/C10H11F3N2O4/c1-18-8(16)3-5-2-7(19-10(11,12)13)15-6(4-14)9(5)17/h2,17H,3-4,14H2,1H3. The van der Waals surface area contributed by atoms with Crippen LogP contribution in [0.1, 0.15) is 11.3 Å². The number of hydrogen-bond donors (Lipinski definition) is 2. The third kappa shape index (κ3) is 4.28. The van der Waals surface area contributed by atoms with Crippen molar-refractivity contribution in [3.05, 3.63) is 17.3 Å². The van der Waals surface area contributed by atoms with E-state index < -0.39 is 30.4 Å². The van der Waals surface area contributed by atoms with Gasteiger partial charge in [-0.3, -0.25) is 4.79 Å². The molecule has 0 aliphatic carbocycles. The van der Waals surface area contributed by atoms with Gasteiger partial charge in [0.05, 0.1) is 19.2 Å². The van der Waals surface area contributed by atoms with Crippen molar-refractivity contribution in [1.29, 1.82) is 0 Å². The first kappa shape index (κ1) is 15.0. The molecule has 1 heterocycles. The predicted octanol–water partition coefficient (Wildman–Crippen LogP) is 0.860. The summed E-state index contributed by atoms with van der Waals surface area (Å²) in [6.45, 7) is -0.310. The quantitative estimate of drug-likeness (QED) is 0.794. The van der Waals surface area contributed by atoms with Crippen LogP contribution in [0.5, 0.6) is 11.6 Å². The van der Waals surface area contributed by atoms with E-state index in [1.54, 1.807) is 0 Å². The van der Waals surface area contributed by atoms with Crippen LogP contribution in [-0.2, 0) is 22.5 Å². The average molecular weight is 280 g/mol. The topological polar surface area (TPSA) is 94.7 Å². The maximum Gasteiger partial charge on any atom is 0.574 e. The molecule has 1 rings (SSSR count). The van der Waals surface area contributed by atoms with Gasteiger partial charge in [-0.05, 0) is 0 Å². The molecule has 0 unspecified atom stereocenters. The molecule has 0 aromatic carbocycles. The number of halogens is 3. The summed E-state index contributed by atoms with van der Waals surface area (Å²) in [5.41, 5.74) is 4.92. The molecule has 0 amide bonds. The lowest BCUT2D eigenvalue weighted by Gasteiger charge is -2.12. The fraction of sp³-hybridized carbons (Fsp3) is 0.400. The third-order valence-corrected chi connectivity index (χ3v) is 2.10. The Morgan fingerprint density at radius 3 is 2.63 bits per heavy atom. The number of esters is 1. The second-order valence-corrected chi connectivity index (χ2v) is 3.42. The second-order valence-electron chi connectivity index (χ2n) is 3.42. The first-order valence-electron chi connectivity index (χ1n) is 5.01. The van der Waals surface area contributed by atoms with E-state index in [1.807, 2.05) is 0 Å². The minimum absolute atomic E-state index is 0.110. The molecule has 1 aromatic heterocycles. The van der Waals surface area contributed by atoms with Gasteiger partial charge in [-0.2, -0.15) is 0 Å². The summed E-state index contributed by atoms with van der Waals surface area (Å²) in [5, 5.41) is 9.67. The number of aromatic nitrogens is 1. The molecule has 0 saturated heterocycles. The monoisotopic (exact) mass is 280 g/mol. The van der Waals surface area contributed by atoms with Gasteiger partial charge in [0, 0.05) is 18.2 Å². The Balaban J connectivity index is 3.14. The van der Waals surface area contributed by atoms with E-state index in [1.165, 1.54) is 0 Å². The Labute approximate surface area is 105 Å². The third-order valence-electron chi connectivity index (χ3n) is 2.10. The number of carbonyl (C=O) groups is 1. The Morgan fingerprint density at radius 2 is 2.16 bits per heavy atom. The van der Waals surface area contributed by atoms with E-state index in [4.69, 9.17) is 5.73 Å². The molecule has 6 nitrogen and oxygen atoms in total. The minimum Gasteiger partial charge on any atom is -0.506 e. The summed E-state index contributed by atoms with van der Waals surface area (Å²) in [7, 11) is 1.11. The van der Waals surface area contributed by atoms with Crippen molar-refractivity contribution in [2.75, 3.05) is 7.11 Å². The zero-order valence-corrected chi connectivity index (χ0v) is 9.82. The van der Waals surface area contributed by atoms with Crippen LogP contribution in [0.2, 0.25) is 0 Å². The molecule has 0 radical (unpaired) electrons. The van der Waals surface area contributed by atoms with E-state index in [-0.39, 0.29) is 17.8 Å². The van der Waals surface area contributed by atoms with Crippen LogP contribution in [0.3, 0.4) is 0 Å². The number of nitrogens with two attached hydrogens (primary N) is 1. The Hall–Kier alpha value is -2.03. The van der Waals surface area contributed by atoms with Gasteiger partial charge < -0.3 is 20.3 Å². The van der Waals surface area contributed by atoms with Crippen LogP contribution in [0.15, 0.2) is 6.07 Å². The van der Waals surface area contributed by atoms with Crippen LogP contribution in [-0.4, -0.2) is 29.5 Å². The van der Waals surface area contributed by atoms with Gasteiger partial charge in [-0.25, -0.2) is 4.98 Å². The van der Waals surface area contributed by atoms with Crippen molar-refractivity contribution < 1.29 is 32.5 Å². The Kier molecular flexibility index (Phi) is 4.54. The fourth-order valence-corrected chi connectivity index (χ4v) is 1.30. The molecular formula is C10H11F3N2O4. The number of aromatic hydroxyl groups is 1. The molecule has 9 heteroatoms. The summed E-state index contributed by atoms with van der Waals surface area (Å²) in [6.07, 6.45) is -5.36. The lowest BCUT2D eigenvalue weighted by atomic mass is 10.1. The number of hydrogen-bond acceptors (Lipinski definition) is 6. The number of alkyl halides is 3. The summed E-state index contributed by atoms with van der Waals surface area (Å²) < 4.78 is 44.3. The highest BCUT2D eigenvalue weighted by molar-refractivity contribution is 5.73. The van der Waals surface area contributed by atoms with E-state index in [2.05, 4.69) is 14.5 Å². The smallest absolute Gasteiger partial charge is 0.506 e. The van der Waals surface area contributed by atoms with Gasteiger partial charge in [0.25, 0.3) is 0 Å². The summed E-state index contributed by atoms with van der Waals surface area (Å²) in [6, 6.07) is 0.804. The maximum absolute atomic E-state index is 12.1. The van der Waals surface area contributed by atoms with Crippen LogP contribution in [0, 0.1) is 0 Å². The zero-order valence-electron chi connectivity index (χ0n) is 9.82. The molecular weight excluding hydrogens is 269 g/mol. The molecule has 0 fully saturated rings. The number of nitrogens with zero attached hydrogens (tertiary/aromatic N) is 1. The van der Waals surface area contributed by atoms with Gasteiger partial charge in [-0.1, -0.05) is 0 Å². The SMILES string of the molecule is COC(=O)Cc1cc(OC(F)(F)F)nc(CN)c1O. The number of ether oxygens (including phenoxy) is 2. The summed E-state index contributed by atoms with van der Waals surface area (Å²) in [5.74, 6) is -1.99. The van der Waals surface area contributed by atoms with E-state index in [0.717, 1.165) is 13.2 Å². The first-order valence-corrected chi connectivity index (χ1v) is 5.01. The van der Waals surface area contributed by atoms with Gasteiger partial charge in [-0.15, -0.1) is 13.2 Å². The number of carbonyl (C=O) groups excluding carboxylic acids is 1. The van der Waals surface area contributed by atoms with Crippen molar-refractivity contribution in [3.63, 3.8) is 0 Å². The summed E-state index contributed by atoms with van der Waals surface area (Å²) in [4.78, 5) is 14.5. The van der Waals surface area contributed by atoms with Crippen LogP contribution in [0.4, 0.5) is 13.2 Å². The Bertz CT molecular complexity index is 477. The highest BCUT2D eigenvalue weighted by Crippen LogP contribution is 2.29. The highest BCUT2D eigenvalue weighted by Gasteiger charge is 2.32. The lowest BCUT2D eigenvalue weighted by Crippen LogP contribution is -2.19. The van der Waals surface area contributed by atoms with Crippen LogP contribution in [0.25, 0.3) is 0 Å². The van der Waals surface area contributed by atoms with E-state index >= 15 is 0 Å². The number of pyridine rings is 1.